The summed E-state index contributed by atoms with van der Waals surface area (Å²) in [5.74, 6) is 1.09. The lowest BCUT2D eigenvalue weighted by atomic mass is 9.94. The molecule has 1 aromatic rings. The number of carbonyl (C=O) groups is 1. The summed E-state index contributed by atoms with van der Waals surface area (Å²) in [6.07, 6.45) is 3.58. The van der Waals surface area contributed by atoms with Gasteiger partial charge in [0.25, 0.3) is 0 Å². The molecule has 0 N–H and O–H groups in total. The van der Waals surface area contributed by atoms with Crippen LogP contribution in [0.2, 0.25) is 0 Å². The highest BCUT2D eigenvalue weighted by molar-refractivity contribution is 5.78. The molecule has 0 saturated carbocycles. The van der Waals surface area contributed by atoms with Crippen molar-refractivity contribution in [3.8, 4) is 0 Å². The van der Waals surface area contributed by atoms with Crippen molar-refractivity contribution < 1.29 is 4.79 Å². The quantitative estimate of drug-likeness (QED) is 0.830. The van der Waals surface area contributed by atoms with E-state index in [1.165, 1.54) is 24.8 Å². The number of carbonyl (C=O) groups excluding carboxylic acids is 1. The fourth-order valence-corrected chi connectivity index (χ4v) is 3.03. The Bertz CT molecular complexity index is 438. The Labute approximate surface area is 128 Å². The minimum absolute atomic E-state index is 0.267. The Morgan fingerprint density at radius 3 is 2.48 bits per heavy atom. The first-order chi connectivity index (χ1) is 10.1. The van der Waals surface area contributed by atoms with Crippen LogP contribution in [0.3, 0.4) is 0 Å². The average molecular weight is 288 g/mol. The summed E-state index contributed by atoms with van der Waals surface area (Å²) in [5.41, 5.74) is 1.26. The van der Waals surface area contributed by atoms with Crippen molar-refractivity contribution >= 4 is 5.91 Å². The maximum absolute atomic E-state index is 12.4. The molecule has 0 bridgehead atoms. The molecule has 0 aliphatic carbocycles. The van der Waals surface area contributed by atoms with Crippen LogP contribution in [0.4, 0.5) is 0 Å². The fourth-order valence-electron chi connectivity index (χ4n) is 3.03. The van der Waals surface area contributed by atoms with E-state index >= 15 is 0 Å². The van der Waals surface area contributed by atoms with Gasteiger partial charge in [0.2, 0.25) is 5.91 Å². The minimum Gasteiger partial charge on any atom is -0.342 e. The van der Waals surface area contributed by atoms with Crippen molar-refractivity contribution in [1.82, 2.24) is 9.80 Å². The van der Waals surface area contributed by atoms with E-state index < -0.39 is 0 Å². The zero-order valence-corrected chi connectivity index (χ0v) is 13.6. The number of hydrogen-bond acceptors (Lipinski definition) is 2. The Morgan fingerprint density at radius 1 is 1.29 bits per heavy atom. The molecule has 0 spiro atoms. The van der Waals surface area contributed by atoms with Gasteiger partial charge in [0.05, 0.1) is 6.54 Å². The Morgan fingerprint density at radius 2 is 1.90 bits per heavy atom. The van der Waals surface area contributed by atoms with Crippen LogP contribution in [0.15, 0.2) is 30.3 Å². The molecule has 1 saturated heterocycles. The van der Waals surface area contributed by atoms with Gasteiger partial charge in [-0.05, 0) is 38.3 Å². The highest BCUT2D eigenvalue weighted by atomic mass is 16.2. The molecule has 1 aromatic carbocycles. The SMILES string of the molecule is CCC1CCN(C(=O)CN(C)[C@H](C)c2ccccc2)CC1. The summed E-state index contributed by atoms with van der Waals surface area (Å²) in [6, 6.07) is 10.6. The Hall–Kier alpha value is -1.35. The van der Waals surface area contributed by atoms with Gasteiger partial charge in [0.15, 0.2) is 0 Å². The van der Waals surface area contributed by atoms with E-state index in [9.17, 15) is 4.79 Å². The molecule has 116 valence electrons. The van der Waals surface area contributed by atoms with E-state index in [0.717, 1.165) is 19.0 Å². The maximum Gasteiger partial charge on any atom is 0.236 e. The third kappa shape index (κ3) is 4.31. The summed E-state index contributed by atoms with van der Waals surface area (Å²) in [6.45, 7) is 6.78. The van der Waals surface area contributed by atoms with Crippen molar-refractivity contribution in [1.29, 1.82) is 0 Å². The van der Waals surface area contributed by atoms with Gasteiger partial charge in [0, 0.05) is 19.1 Å². The lowest BCUT2D eigenvalue weighted by molar-refractivity contribution is -0.134. The van der Waals surface area contributed by atoms with Crippen LogP contribution < -0.4 is 0 Å². The summed E-state index contributed by atoms with van der Waals surface area (Å²) in [5, 5.41) is 0. The molecule has 3 nitrogen and oxygen atoms in total. The molecule has 2 rings (SSSR count). The summed E-state index contributed by atoms with van der Waals surface area (Å²) >= 11 is 0. The molecule has 1 aliphatic heterocycles. The monoisotopic (exact) mass is 288 g/mol. The number of hydrogen-bond donors (Lipinski definition) is 0. The predicted octanol–water partition coefficient (Wildman–Crippen LogP) is 3.33. The maximum atomic E-state index is 12.4. The molecular weight excluding hydrogens is 260 g/mol. The molecular formula is C18H28N2O. The predicted molar refractivity (Wildman–Crippen MR) is 87.1 cm³/mol. The van der Waals surface area contributed by atoms with Crippen LogP contribution in [0.5, 0.6) is 0 Å². The summed E-state index contributed by atoms with van der Waals surface area (Å²) in [7, 11) is 2.04. The zero-order valence-electron chi connectivity index (χ0n) is 13.6. The third-order valence-electron chi connectivity index (χ3n) is 4.87. The van der Waals surface area contributed by atoms with Crippen LogP contribution in [0.25, 0.3) is 0 Å². The van der Waals surface area contributed by atoms with E-state index in [0.29, 0.717) is 6.54 Å². The minimum atomic E-state index is 0.267. The molecule has 0 aromatic heterocycles. The van der Waals surface area contributed by atoms with Gasteiger partial charge in [-0.2, -0.15) is 0 Å². The molecule has 1 atom stereocenters. The molecule has 0 radical (unpaired) electrons. The van der Waals surface area contributed by atoms with Crippen LogP contribution in [-0.2, 0) is 4.79 Å². The molecule has 1 amide bonds. The first-order valence-corrected chi connectivity index (χ1v) is 8.14. The van der Waals surface area contributed by atoms with E-state index in [-0.39, 0.29) is 11.9 Å². The van der Waals surface area contributed by atoms with Gasteiger partial charge in [-0.25, -0.2) is 0 Å². The average Bonchev–Trinajstić information content (AvgIpc) is 2.55. The second kappa shape index (κ2) is 7.60. The van der Waals surface area contributed by atoms with Crippen molar-refractivity contribution in [2.45, 2.75) is 39.2 Å². The summed E-state index contributed by atoms with van der Waals surface area (Å²) < 4.78 is 0. The van der Waals surface area contributed by atoms with Crippen molar-refractivity contribution in [2.75, 3.05) is 26.7 Å². The Kier molecular flexibility index (Phi) is 5.80. The number of amides is 1. The van der Waals surface area contributed by atoms with Crippen LogP contribution in [-0.4, -0.2) is 42.4 Å². The second-order valence-electron chi connectivity index (χ2n) is 6.23. The number of likely N-dealkylation sites (tertiary alicyclic amines) is 1. The number of likely N-dealkylation sites (N-methyl/N-ethyl adjacent to an activating group) is 1. The lowest BCUT2D eigenvalue weighted by Crippen LogP contribution is -2.43. The first-order valence-electron chi connectivity index (χ1n) is 8.14. The van der Waals surface area contributed by atoms with E-state index in [4.69, 9.17) is 0 Å². The topological polar surface area (TPSA) is 23.6 Å². The number of rotatable bonds is 5. The van der Waals surface area contributed by atoms with E-state index in [1.807, 2.05) is 18.0 Å². The molecule has 1 aliphatic rings. The highest BCUT2D eigenvalue weighted by Crippen LogP contribution is 2.21. The van der Waals surface area contributed by atoms with E-state index in [2.05, 4.69) is 43.0 Å². The largest absolute Gasteiger partial charge is 0.342 e. The molecule has 1 fully saturated rings. The molecule has 3 heteroatoms. The molecule has 1 heterocycles. The normalized spacial score (nSPS) is 18.0. The third-order valence-corrected chi connectivity index (χ3v) is 4.87. The van der Waals surface area contributed by atoms with Gasteiger partial charge in [-0.15, -0.1) is 0 Å². The van der Waals surface area contributed by atoms with Gasteiger partial charge >= 0.3 is 0 Å². The number of nitrogens with zero attached hydrogens (tertiary/aromatic N) is 2. The zero-order chi connectivity index (χ0) is 15.2. The van der Waals surface area contributed by atoms with Gasteiger partial charge in [-0.3, -0.25) is 9.69 Å². The number of benzene rings is 1. The van der Waals surface area contributed by atoms with Crippen LogP contribution >= 0.6 is 0 Å². The van der Waals surface area contributed by atoms with Crippen molar-refractivity contribution in [2.24, 2.45) is 5.92 Å². The van der Waals surface area contributed by atoms with Crippen molar-refractivity contribution in [3.05, 3.63) is 35.9 Å². The molecule has 21 heavy (non-hydrogen) atoms. The molecule has 0 unspecified atom stereocenters. The Balaban J connectivity index is 1.85. The standard InChI is InChI=1S/C18H28N2O/c1-4-16-10-12-20(13-11-16)18(21)14-19(3)15(2)17-8-6-5-7-9-17/h5-9,15-16H,4,10-14H2,1-3H3/t15-/m1/s1. The second-order valence-corrected chi connectivity index (χ2v) is 6.23. The van der Waals surface area contributed by atoms with Crippen LogP contribution in [0, 0.1) is 5.92 Å². The van der Waals surface area contributed by atoms with Gasteiger partial charge in [-0.1, -0.05) is 43.7 Å². The van der Waals surface area contributed by atoms with Gasteiger partial charge in [0.1, 0.15) is 0 Å². The van der Waals surface area contributed by atoms with Crippen molar-refractivity contribution in [3.63, 3.8) is 0 Å². The highest BCUT2D eigenvalue weighted by Gasteiger charge is 2.23. The first kappa shape index (κ1) is 16.0. The van der Waals surface area contributed by atoms with Crippen LogP contribution in [0.1, 0.15) is 44.7 Å². The fraction of sp³-hybridized carbons (Fsp3) is 0.611. The lowest BCUT2D eigenvalue weighted by Gasteiger charge is -2.33. The summed E-state index contributed by atoms with van der Waals surface area (Å²) in [4.78, 5) is 16.6. The van der Waals surface area contributed by atoms with Gasteiger partial charge < -0.3 is 4.90 Å². The van der Waals surface area contributed by atoms with E-state index in [1.54, 1.807) is 0 Å². The number of piperidine rings is 1. The smallest absolute Gasteiger partial charge is 0.236 e.